The minimum absolute atomic E-state index is 0. The molecule has 0 atom stereocenters. The molecule has 2 aliphatic heterocycles. The topological polar surface area (TPSA) is 174 Å². The number of unbranched alkanes of at least 4 members (excludes halogenated alkanes) is 3. The van der Waals surface area contributed by atoms with E-state index in [0.29, 0.717) is 19.3 Å². The first-order valence-electron chi connectivity index (χ1n) is 16.2. The summed E-state index contributed by atoms with van der Waals surface area (Å²) in [7, 11) is 0. The summed E-state index contributed by atoms with van der Waals surface area (Å²) >= 11 is 0. The van der Waals surface area contributed by atoms with Crippen molar-refractivity contribution >= 4 is 70.2 Å². The third-order valence-electron chi connectivity index (χ3n) is 7.77. The number of rotatable bonds is 13. The van der Waals surface area contributed by atoms with Crippen LogP contribution < -0.4 is 12.4 Å². The first kappa shape index (κ1) is 39.7. The molecule has 3 N–H and O–H groups in total. The predicted octanol–water partition coefficient (Wildman–Crippen LogP) is 4.23. The van der Waals surface area contributed by atoms with Gasteiger partial charge in [0.05, 0.1) is 64.7 Å². The largest absolute Gasteiger partial charge is 1.00 e. The molecule has 8 bridgehead atoms. The average molecular weight is 745 g/mol. The number of carbonyl (C=O) groups is 4. The monoisotopic (exact) mass is 744 g/mol. The number of esters is 3. The molecule has 0 saturated carbocycles. The fraction of sp³-hybridized carbons (Fsp3) is 0.333. The molecule has 12 nitrogen and oxygen atoms in total. The average Bonchev–Trinajstić information content (AvgIpc) is 3.88. The predicted molar refractivity (Wildman–Crippen MR) is 181 cm³/mol. The van der Waals surface area contributed by atoms with Gasteiger partial charge in [0.1, 0.15) is 22.3 Å². The molecule has 50 heavy (non-hydrogen) atoms. The van der Waals surface area contributed by atoms with E-state index < -0.39 is 23.9 Å². The van der Waals surface area contributed by atoms with Crippen LogP contribution in [0.15, 0.2) is 24.3 Å². The number of aromatic nitrogens is 4. The maximum Gasteiger partial charge on any atom is 0.342 e. The van der Waals surface area contributed by atoms with Crippen LogP contribution in [0.1, 0.15) is 124 Å². The van der Waals surface area contributed by atoms with Crippen LogP contribution in [-0.2, 0) is 31.3 Å². The van der Waals surface area contributed by atoms with Gasteiger partial charge in [-0.2, -0.15) is 0 Å². The number of carboxylic acid groups (broad SMARTS) is 1. The number of ether oxygens (including phenoxy) is 3. The van der Waals surface area contributed by atoms with Gasteiger partial charge in [-0.1, -0.05) is 40.0 Å². The molecule has 265 valence electrons. The second kappa shape index (κ2) is 18.3. The number of carbonyl (C=O) groups excluding carboxylic acids is 3. The summed E-state index contributed by atoms with van der Waals surface area (Å²) in [4.78, 5) is 68.7. The molecule has 2 aliphatic rings. The molecular formula is C36H38ClMnN4O8-. The van der Waals surface area contributed by atoms with Crippen LogP contribution in [-0.4, -0.2) is 68.7 Å². The minimum Gasteiger partial charge on any atom is -1.00 e. The Morgan fingerprint density at radius 3 is 1.18 bits per heavy atom. The van der Waals surface area contributed by atoms with Gasteiger partial charge in [0, 0.05) is 17.1 Å². The van der Waals surface area contributed by atoms with E-state index in [1.54, 1.807) is 36.4 Å². The number of nitrogens with zero attached hydrogens (tertiary/aromatic N) is 2. The number of aromatic amines is 2. The SMILES string of the molecule is CCCCOC(=O)c1c2nc(c(C(=O)OCCCC)c3ccc([nH]3)c(C(=O)O)c3ccc([nH]3)c(C(=O)OCCCC)c3nc1C=C3)C=C2.[Cl-].[Mn]. The van der Waals surface area contributed by atoms with Crippen molar-refractivity contribution in [1.82, 2.24) is 19.9 Å². The Kier molecular flexibility index (Phi) is 14.6. The maximum absolute atomic E-state index is 13.6. The number of hydrogen-bond acceptors (Lipinski definition) is 9. The van der Waals surface area contributed by atoms with E-state index >= 15 is 0 Å². The summed E-state index contributed by atoms with van der Waals surface area (Å²) in [5.74, 6) is -3.24. The molecule has 0 amide bonds. The number of nitrogens with one attached hydrogen (secondary N) is 2. The first-order chi connectivity index (χ1) is 23.3. The van der Waals surface area contributed by atoms with E-state index in [0.717, 1.165) is 19.3 Å². The molecule has 5 rings (SSSR count). The Labute approximate surface area is 305 Å². The number of fused-ring (bicyclic) bond motifs is 8. The van der Waals surface area contributed by atoms with Crippen molar-refractivity contribution in [2.75, 3.05) is 19.8 Å². The quantitative estimate of drug-likeness (QED) is 0.0686. The number of halogens is 1. The third-order valence-corrected chi connectivity index (χ3v) is 7.77. The van der Waals surface area contributed by atoms with Crippen molar-refractivity contribution in [3.8, 4) is 0 Å². The van der Waals surface area contributed by atoms with E-state index in [1.807, 2.05) is 20.8 Å². The van der Waals surface area contributed by atoms with Gasteiger partial charge in [-0.05, 0) is 67.8 Å². The zero-order valence-electron chi connectivity index (χ0n) is 27.9. The van der Waals surface area contributed by atoms with Crippen LogP contribution in [0.25, 0.3) is 46.4 Å². The van der Waals surface area contributed by atoms with Crippen molar-refractivity contribution in [1.29, 1.82) is 0 Å². The number of carboxylic acids is 1. The molecule has 3 aromatic heterocycles. The number of aromatic carboxylic acids is 1. The van der Waals surface area contributed by atoms with Crippen LogP contribution in [0, 0.1) is 0 Å². The van der Waals surface area contributed by atoms with Crippen LogP contribution in [0.3, 0.4) is 0 Å². The molecule has 3 aromatic rings. The van der Waals surface area contributed by atoms with E-state index in [9.17, 15) is 24.3 Å². The second-order valence-corrected chi connectivity index (χ2v) is 11.3. The standard InChI is InChI=1S/C36H38N4O8.ClH.Mn/c1-4-7-18-46-34(43)30-23-12-10-21(37-23)29(33(41)42)22-11-13-24(38-22)31(35(44)47-19-8-5-2)26-15-17-28(40-26)32(27-16-14-25(30)39-27)36(45)48-20-9-6-3;;/h10-17,37-38H,4-9,18-20H2,1-3H3,(H,41,42);1H;/p-1. The Morgan fingerprint density at radius 1 is 0.560 bits per heavy atom. The maximum atomic E-state index is 13.6. The first-order valence-corrected chi connectivity index (χ1v) is 16.2. The van der Waals surface area contributed by atoms with E-state index in [1.165, 1.54) is 12.1 Å². The van der Waals surface area contributed by atoms with Crippen molar-refractivity contribution in [3.05, 3.63) is 69.3 Å². The fourth-order valence-electron chi connectivity index (χ4n) is 5.22. The molecule has 0 aromatic carbocycles. The summed E-state index contributed by atoms with van der Waals surface area (Å²) in [5.41, 5.74) is 1.74. The van der Waals surface area contributed by atoms with Gasteiger partial charge in [0.15, 0.2) is 0 Å². The third kappa shape index (κ3) is 8.71. The van der Waals surface area contributed by atoms with Crippen molar-refractivity contribution in [3.63, 3.8) is 0 Å². The van der Waals surface area contributed by atoms with Crippen LogP contribution in [0.2, 0.25) is 0 Å². The van der Waals surface area contributed by atoms with Crippen LogP contribution >= 0.6 is 0 Å². The van der Waals surface area contributed by atoms with Gasteiger partial charge >= 0.3 is 23.9 Å². The summed E-state index contributed by atoms with van der Waals surface area (Å²) in [6.45, 7) is 6.47. The fourth-order valence-corrected chi connectivity index (χ4v) is 5.22. The van der Waals surface area contributed by atoms with Crippen molar-refractivity contribution < 1.29 is 68.0 Å². The van der Waals surface area contributed by atoms with Gasteiger partial charge in [-0.25, -0.2) is 29.1 Å². The normalized spacial score (nSPS) is 11.3. The van der Waals surface area contributed by atoms with Crippen LogP contribution in [0.5, 0.6) is 0 Å². The second-order valence-electron chi connectivity index (χ2n) is 11.3. The van der Waals surface area contributed by atoms with Gasteiger partial charge in [-0.15, -0.1) is 0 Å². The van der Waals surface area contributed by atoms with E-state index in [2.05, 4.69) is 19.9 Å². The van der Waals surface area contributed by atoms with Gasteiger partial charge < -0.3 is 41.7 Å². The molecule has 1 radical (unpaired) electrons. The summed E-state index contributed by atoms with van der Waals surface area (Å²) < 4.78 is 16.7. The molecule has 0 spiro atoms. The number of H-pyrrole nitrogens is 2. The smallest absolute Gasteiger partial charge is 0.342 e. The Balaban J connectivity index is 0.00000338. The molecule has 14 heteroatoms. The zero-order chi connectivity index (χ0) is 34.2. The molecule has 0 unspecified atom stereocenters. The van der Waals surface area contributed by atoms with Gasteiger partial charge in [-0.3, -0.25) is 0 Å². The Hall–Kier alpha value is -4.71. The Bertz CT molecular complexity index is 1860. The molecular weight excluding hydrogens is 707 g/mol. The van der Waals surface area contributed by atoms with E-state index in [4.69, 9.17) is 14.2 Å². The van der Waals surface area contributed by atoms with Crippen molar-refractivity contribution in [2.24, 2.45) is 0 Å². The van der Waals surface area contributed by atoms with E-state index in [-0.39, 0.29) is 116 Å². The summed E-state index contributed by atoms with van der Waals surface area (Å²) in [5, 5.41) is 10.3. The number of hydrogen-bond donors (Lipinski definition) is 3. The molecule has 0 aliphatic carbocycles. The van der Waals surface area contributed by atoms with Gasteiger partial charge in [0.2, 0.25) is 0 Å². The summed E-state index contributed by atoms with van der Waals surface area (Å²) in [6, 6.07) is 6.22. The zero-order valence-corrected chi connectivity index (χ0v) is 29.9. The molecule has 0 fully saturated rings. The minimum atomic E-state index is -1.25. The molecule has 0 saturated heterocycles. The van der Waals surface area contributed by atoms with Crippen molar-refractivity contribution in [2.45, 2.75) is 59.3 Å². The molecule has 5 heterocycles. The summed E-state index contributed by atoms with van der Waals surface area (Å²) in [6.07, 6.45) is 10.7. The van der Waals surface area contributed by atoms with Crippen LogP contribution in [0.4, 0.5) is 0 Å². The Morgan fingerprint density at radius 2 is 0.860 bits per heavy atom. The van der Waals surface area contributed by atoms with Gasteiger partial charge in [0.25, 0.3) is 0 Å².